The second-order valence-electron chi connectivity index (χ2n) is 7.85. The van der Waals surface area contributed by atoms with Crippen LogP contribution in [0.3, 0.4) is 0 Å². The molecule has 2 heterocycles. The van der Waals surface area contributed by atoms with Crippen molar-refractivity contribution in [2.24, 2.45) is 0 Å². The predicted molar refractivity (Wildman–Crippen MR) is 130 cm³/mol. The maximum absolute atomic E-state index is 13.1. The van der Waals surface area contributed by atoms with E-state index < -0.39 is 12.1 Å². The molecule has 1 aliphatic rings. The summed E-state index contributed by atoms with van der Waals surface area (Å²) < 4.78 is 5.71. The maximum Gasteiger partial charge on any atom is 0.335 e. The Balaban J connectivity index is 1.47. The summed E-state index contributed by atoms with van der Waals surface area (Å²) in [6.45, 7) is 2.35. The van der Waals surface area contributed by atoms with Crippen molar-refractivity contribution in [2.45, 2.75) is 26.1 Å². The summed E-state index contributed by atoms with van der Waals surface area (Å²) in [7, 11) is 0. The summed E-state index contributed by atoms with van der Waals surface area (Å²) >= 11 is 5.98. The Morgan fingerprint density at radius 1 is 1.09 bits per heavy atom. The lowest BCUT2D eigenvalue weighted by Crippen LogP contribution is -2.58. The molecule has 1 aromatic heterocycles. The van der Waals surface area contributed by atoms with E-state index in [1.165, 1.54) is 23.2 Å². The third-order valence-corrected chi connectivity index (χ3v) is 5.74. The highest BCUT2D eigenvalue weighted by Crippen LogP contribution is 2.25. The van der Waals surface area contributed by atoms with E-state index in [1.807, 2.05) is 12.1 Å². The summed E-state index contributed by atoms with van der Waals surface area (Å²) in [6.07, 6.45) is 1.02. The van der Waals surface area contributed by atoms with Crippen LogP contribution in [-0.4, -0.2) is 50.5 Å². The minimum Gasteiger partial charge on any atom is -0.478 e. The van der Waals surface area contributed by atoms with Crippen molar-refractivity contribution < 1.29 is 24.2 Å². The highest BCUT2D eigenvalue weighted by molar-refractivity contribution is 6.30. The van der Waals surface area contributed by atoms with Crippen LogP contribution in [0.25, 0.3) is 0 Å². The van der Waals surface area contributed by atoms with Gasteiger partial charge in [-0.05, 0) is 61.0 Å². The first-order chi connectivity index (χ1) is 16.8. The van der Waals surface area contributed by atoms with Crippen LogP contribution >= 0.6 is 11.6 Å². The number of imide groups is 1. The summed E-state index contributed by atoms with van der Waals surface area (Å²) in [5, 5.41) is 12.8. The zero-order chi connectivity index (χ0) is 24.9. The molecule has 35 heavy (non-hydrogen) atoms. The van der Waals surface area contributed by atoms with Crippen LogP contribution in [0.5, 0.6) is 11.5 Å². The largest absolute Gasteiger partial charge is 0.478 e. The summed E-state index contributed by atoms with van der Waals surface area (Å²) in [5.74, 6) is 0.113. The van der Waals surface area contributed by atoms with Gasteiger partial charge in [0, 0.05) is 18.1 Å². The Kier molecular flexibility index (Phi) is 7.17. The molecule has 1 fully saturated rings. The number of aromatic nitrogens is 1. The van der Waals surface area contributed by atoms with Crippen LogP contribution in [0, 0.1) is 0 Å². The average molecular weight is 495 g/mol. The number of carboxylic acid groups (broad SMARTS) is 1. The normalized spacial score (nSPS) is 15.8. The number of amides is 3. The smallest absolute Gasteiger partial charge is 0.335 e. The van der Waals surface area contributed by atoms with E-state index >= 15 is 0 Å². The number of hydrogen-bond donors (Lipinski definition) is 2. The molecule has 0 bridgehead atoms. The van der Waals surface area contributed by atoms with Gasteiger partial charge in [-0.1, -0.05) is 23.7 Å². The van der Waals surface area contributed by atoms with E-state index in [0.717, 1.165) is 5.56 Å². The molecule has 1 saturated heterocycles. The molecular formula is C25H23ClN4O5. The molecule has 2 N–H and O–H groups in total. The predicted octanol–water partition coefficient (Wildman–Crippen LogP) is 4.84. The number of anilines is 1. The van der Waals surface area contributed by atoms with Crippen molar-refractivity contribution in [3.8, 4) is 11.5 Å². The number of rotatable bonds is 8. The molecule has 0 saturated carbocycles. The lowest BCUT2D eigenvalue weighted by Gasteiger charge is -2.40. The van der Waals surface area contributed by atoms with Gasteiger partial charge < -0.3 is 15.2 Å². The zero-order valence-corrected chi connectivity index (χ0v) is 19.6. The molecule has 0 spiro atoms. The van der Waals surface area contributed by atoms with Crippen molar-refractivity contribution in [1.29, 1.82) is 0 Å². The molecule has 4 rings (SSSR count). The van der Waals surface area contributed by atoms with Gasteiger partial charge in [0.1, 0.15) is 23.5 Å². The van der Waals surface area contributed by atoms with Crippen molar-refractivity contribution in [2.75, 3.05) is 11.9 Å². The monoisotopic (exact) mass is 494 g/mol. The minimum atomic E-state index is -1.01. The van der Waals surface area contributed by atoms with Gasteiger partial charge in [0.2, 0.25) is 5.91 Å². The van der Waals surface area contributed by atoms with Crippen LogP contribution in [-0.2, 0) is 11.3 Å². The number of benzene rings is 2. The number of ether oxygens (including phenoxy) is 1. The van der Waals surface area contributed by atoms with Crippen molar-refractivity contribution in [3.05, 3.63) is 83.0 Å². The fraction of sp³-hybridized carbons (Fsp3) is 0.200. The van der Waals surface area contributed by atoms with E-state index in [9.17, 15) is 14.4 Å². The van der Waals surface area contributed by atoms with Crippen LogP contribution in [0.2, 0.25) is 5.02 Å². The standard InChI is InChI=1S/C25H23ClN4O5/c1-2-29-23(31)13-22(30(25(29)34)15-16-3-7-18(26)8-4-16)28-21-12-11-20(14-27-21)35-19-9-5-17(6-10-19)24(32)33/h3-12,14,22H,2,13,15H2,1H3,(H,27,28)(H,32,33). The molecule has 180 valence electrons. The maximum atomic E-state index is 13.1. The van der Waals surface area contributed by atoms with Crippen LogP contribution in [0.15, 0.2) is 66.9 Å². The number of nitrogens with zero attached hydrogens (tertiary/aromatic N) is 3. The lowest BCUT2D eigenvalue weighted by molar-refractivity contribution is -0.132. The van der Waals surface area contributed by atoms with Gasteiger partial charge in [-0.2, -0.15) is 0 Å². The number of carbonyl (C=O) groups excluding carboxylic acids is 2. The number of urea groups is 1. The van der Waals surface area contributed by atoms with Gasteiger partial charge in [-0.3, -0.25) is 14.6 Å². The Morgan fingerprint density at radius 2 is 1.77 bits per heavy atom. The first-order valence-corrected chi connectivity index (χ1v) is 11.3. The fourth-order valence-corrected chi connectivity index (χ4v) is 3.81. The highest BCUT2D eigenvalue weighted by Gasteiger charge is 2.38. The first kappa shape index (κ1) is 24.0. The van der Waals surface area contributed by atoms with Gasteiger partial charge in [0.15, 0.2) is 0 Å². The Morgan fingerprint density at radius 3 is 2.37 bits per heavy atom. The third-order valence-electron chi connectivity index (χ3n) is 5.49. The van der Waals surface area contributed by atoms with Crippen LogP contribution in [0.4, 0.5) is 10.6 Å². The van der Waals surface area contributed by atoms with E-state index in [2.05, 4.69) is 10.3 Å². The Hall–Kier alpha value is -4.11. The highest BCUT2D eigenvalue weighted by atomic mass is 35.5. The van der Waals surface area contributed by atoms with E-state index in [4.69, 9.17) is 21.4 Å². The van der Waals surface area contributed by atoms with E-state index in [-0.39, 0.29) is 23.9 Å². The molecule has 3 aromatic rings. The number of aromatic carboxylic acids is 1. The molecule has 1 unspecified atom stereocenters. The van der Waals surface area contributed by atoms with Gasteiger partial charge >= 0.3 is 12.0 Å². The van der Waals surface area contributed by atoms with Gasteiger partial charge in [0.05, 0.1) is 18.2 Å². The summed E-state index contributed by atoms with van der Waals surface area (Å²) in [4.78, 5) is 43.7. The molecule has 0 aliphatic carbocycles. The minimum absolute atomic E-state index is 0.100. The first-order valence-electron chi connectivity index (χ1n) is 10.9. The number of carboxylic acids is 1. The zero-order valence-electron chi connectivity index (χ0n) is 18.8. The molecule has 1 atom stereocenters. The molecule has 9 nitrogen and oxygen atoms in total. The lowest BCUT2D eigenvalue weighted by atomic mass is 10.1. The number of nitrogens with one attached hydrogen (secondary N) is 1. The second kappa shape index (κ2) is 10.4. The van der Waals surface area contributed by atoms with E-state index in [0.29, 0.717) is 35.4 Å². The number of hydrogen-bond acceptors (Lipinski definition) is 6. The molecule has 0 radical (unpaired) electrons. The van der Waals surface area contributed by atoms with Crippen LogP contribution < -0.4 is 10.1 Å². The summed E-state index contributed by atoms with van der Waals surface area (Å²) in [5.41, 5.74) is 1.04. The molecular weight excluding hydrogens is 472 g/mol. The average Bonchev–Trinajstić information content (AvgIpc) is 2.84. The summed E-state index contributed by atoms with van der Waals surface area (Å²) in [6, 6.07) is 16.2. The molecule has 10 heteroatoms. The van der Waals surface area contributed by atoms with Crippen molar-refractivity contribution in [1.82, 2.24) is 14.8 Å². The fourth-order valence-electron chi connectivity index (χ4n) is 3.68. The van der Waals surface area contributed by atoms with E-state index in [1.54, 1.807) is 48.2 Å². The van der Waals surface area contributed by atoms with Gasteiger partial charge in [-0.15, -0.1) is 0 Å². The van der Waals surface area contributed by atoms with Crippen molar-refractivity contribution >= 4 is 35.3 Å². The molecule has 2 aromatic carbocycles. The number of carbonyl (C=O) groups is 3. The Bertz CT molecular complexity index is 1220. The van der Waals surface area contributed by atoms with Crippen molar-refractivity contribution in [3.63, 3.8) is 0 Å². The second-order valence-corrected chi connectivity index (χ2v) is 8.29. The third kappa shape index (κ3) is 5.70. The SMILES string of the molecule is CCN1C(=O)CC(Nc2ccc(Oc3ccc(C(=O)O)cc3)cn2)N(Cc2ccc(Cl)cc2)C1=O. The molecule has 3 amide bonds. The Labute approximate surface area is 206 Å². The quantitative estimate of drug-likeness (QED) is 0.461. The van der Waals surface area contributed by atoms with Gasteiger partial charge in [-0.25, -0.2) is 14.6 Å². The topological polar surface area (TPSA) is 112 Å². The van der Waals surface area contributed by atoms with Crippen LogP contribution in [0.1, 0.15) is 29.3 Å². The number of pyridine rings is 1. The molecule has 1 aliphatic heterocycles. The number of halogens is 1. The van der Waals surface area contributed by atoms with Gasteiger partial charge in [0.25, 0.3) is 0 Å².